The van der Waals surface area contributed by atoms with Crippen LogP contribution in [0.4, 0.5) is 0 Å². The number of aryl methyl sites for hydroxylation is 1. The van der Waals surface area contributed by atoms with Gasteiger partial charge in [-0.1, -0.05) is 21.1 Å². The molecule has 1 N–H and O–H groups in total. The summed E-state index contributed by atoms with van der Waals surface area (Å²) in [4.78, 5) is 10.5. The number of aliphatic carboxylic acids is 1. The smallest absolute Gasteiger partial charge is 0.309 e. The summed E-state index contributed by atoms with van der Waals surface area (Å²) < 4.78 is 2.51. The van der Waals surface area contributed by atoms with Gasteiger partial charge in [-0.2, -0.15) is 0 Å². The number of carboxylic acids is 1. The summed E-state index contributed by atoms with van der Waals surface area (Å²) in [5, 5.41) is 16.4. The van der Waals surface area contributed by atoms with E-state index in [1.807, 2.05) is 25.1 Å². The number of carboxylic acid groups (broad SMARTS) is 1. The second-order valence-corrected chi connectivity index (χ2v) is 4.63. The van der Waals surface area contributed by atoms with Gasteiger partial charge in [-0.3, -0.25) is 4.79 Å². The average Bonchev–Trinajstić information content (AvgIpc) is 2.63. The number of carbonyl (C=O) groups is 1. The van der Waals surface area contributed by atoms with E-state index in [-0.39, 0.29) is 6.42 Å². The zero-order chi connectivity index (χ0) is 12.4. The third-order valence-electron chi connectivity index (χ3n) is 2.16. The fourth-order valence-corrected chi connectivity index (χ4v) is 2.11. The molecule has 0 spiro atoms. The highest BCUT2D eigenvalue weighted by Crippen LogP contribution is 2.18. The fourth-order valence-electron chi connectivity index (χ4n) is 1.51. The maximum Gasteiger partial charge on any atom is 0.309 e. The van der Waals surface area contributed by atoms with Gasteiger partial charge in [0, 0.05) is 4.47 Å². The van der Waals surface area contributed by atoms with Crippen molar-refractivity contribution in [1.82, 2.24) is 15.0 Å². The van der Waals surface area contributed by atoms with E-state index in [1.54, 1.807) is 10.9 Å². The van der Waals surface area contributed by atoms with Crippen LogP contribution in [0.25, 0.3) is 5.69 Å². The maximum absolute atomic E-state index is 10.5. The molecule has 1 heterocycles. The SMILES string of the molecule is Cc1cc(Br)cc(-n2cc(CC(=O)O)nn2)c1. The first-order chi connectivity index (χ1) is 8.04. The van der Waals surface area contributed by atoms with E-state index >= 15 is 0 Å². The molecule has 2 aromatic rings. The molecule has 0 bridgehead atoms. The number of rotatable bonds is 3. The molecule has 5 nitrogen and oxygen atoms in total. The second-order valence-electron chi connectivity index (χ2n) is 3.71. The van der Waals surface area contributed by atoms with E-state index in [0.717, 1.165) is 15.7 Å². The molecule has 2 rings (SSSR count). The topological polar surface area (TPSA) is 68.0 Å². The van der Waals surface area contributed by atoms with E-state index in [2.05, 4.69) is 26.2 Å². The first-order valence-electron chi connectivity index (χ1n) is 4.95. The van der Waals surface area contributed by atoms with Crippen LogP contribution in [-0.4, -0.2) is 26.1 Å². The van der Waals surface area contributed by atoms with Crippen LogP contribution < -0.4 is 0 Å². The minimum atomic E-state index is -0.914. The Morgan fingerprint density at radius 1 is 1.47 bits per heavy atom. The van der Waals surface area contributed by atoms with Crippen molar-refractivity contribution in [3.8, 4) is 5.69 Å². The lowest BCUT2D eigenvalue weighted by molar-refractivity contribution is -0.136. The summed E-state index contributed by atoms with van der Waals surface area (Å²) in [6.07, 6.45) is 1.50. The Balaban J connectivity index is 2.33. The van der Waals surface area contributed by atoms with Crippen molar-refractivity contribution < 1.29 is 9.90 Å². The Bertz CT molecular complexity index is 545. The molecule has 6 heteroatoms. The standard InChI is InChI=1S/C11H10BrN3O2/c1-7-2-8(12)4-10(3-7)15-6-9(13-14-15)5-11(16)17/h2-4,6H,5H2,1H3,(H,16,17). The number of hydrogen-bond donors (Lipinski definition) is 1. The lowest BCUT2D eigenvalue weighted by Gasteiger charge is -2.02. The van der Waals surface area contributed by atoms with E-state index < -0.39 is 5.97 Å². The third kappa shape index (κ3) is 2.91. The number of nitrogens with zero attached hydrogens (tertiary/aromatic N) is 3. The van der Waals surface area contributed by atoms with Crippen LogP contribution in [-0.2, 0) is 11.2 Å². The molecule has 0 atom stereocenters. The highest BCUT2D eigenvalue weighted by Gasteiger charge is 2.07. The van der Waals surface area contributed by atoms with Gasteiger partial charge < -0.3 is 5.11 Å². The van der Waals surface area contributed by atoms with Gasteiger partial charge in [-0.15, -0.1) is 5.10 Å². The van der Waals surface area contributed by atoms with Gasteiger partial charge >= 0.3 is 5.97 Å². The Morgan fingerprint density at radius 3 is 2.88 bits per heavy atom. The molecule has 0 fully saturated rings. The Hall–Kier alpha value is -1.69. The summed E-state index contributed by atoms with van der Waals surface area (Å²) in [5.41, 5.74) is 2.38. The zero-order valence-electron chi connectivity index (χ0n) is 9.09. The van der Waals surface area contributed by atoms with Crippen LogP contribution in [0, 0.1) is 6.92 Å². The number of benzene rings is 1. The normalized spacial score (nSPS) is 10.5. The molecule has 1 aromatic carbocycles. The van der Waals surface area contributed by atoms with Crippen molar-refractivity contribution >= 4 is 21.9 Å². The first kappa shape index (κ1) is 11.8. The monoisotopic (exact) mass is 295 g/mol. The van der Waals surface area contributed by atoms with E-state index in [9.17, 15) is 4.79 Å². The predicted octanol–water partition coefficient (Wildman–Crippen LogP) is 1.97. The lowest BCUT2D eigenvalue weighted by Crippen LogP contribution is -2.00. The quantitative estimate of drug-likeness (QED) is 0.940. The molecule has 17 heavy (non-hydrogen) atoms. The van der Waals surface area contributed by atoms with Gasteiger partial charge in [0.2, 0.25) is 0 Å². The van der Waals surface area contributed by atoms with E-state index in [0.29, 0.717) is 5.69 Å². The van der Waals surface area contributed by atoms with Crippen molar-refractivity contribution in [1.29, 1.82) is 0 Å². The van der Waals surface area contributed by atoms with Crippen LogP contribution in [0.2, 0.25) is 0 Å². The Morgan fingerprint density at radius 2 is 2.24 bits per heavy atom. The van der Waals surface area contributed by atoms with Gasteiger partial charge in [0.1, 0.15) is 0 Å². The van der Waals surface area contributed by atoms with Crippen molar-refractivity contribution in [2.45, 2.75) is 13.3 Å². The van der Waals surface area contributed by atoms with E-state index in [1.165, 1.54) is 0 Å². The van der Waals surface area contributed by atoms with Gasteiger partial charge in [0.05, 0.1) is 24.0 Å². The minimum Gasteiger partial charge on any atom is -0.481 e. The van der Waals surface area contributed by atoms with Gasteiger partial charge in [-0.25, -0.2) is 4.68 Å². The van der Waals surface area contributed by atoms with Crippen LogP contribution in [0.1, 0.15) is 11.3 Å². The molecule has 0 aliphatic rings. The summed E-state index contributed by atoms with van der Waals surface area (Å²) in [6, 6.07) is 5.83. The second kappa shape index (κ2) is 4.67. The van der Waals surface area contributed by atoms with Crippen LogP contribution in [0.3, 0.4) is 0 Å². The molecule has 0 saturated heterocycles. The van der Waals surface area contributed by atoms with Crippen LogP contribution in [0.5, 0.6) is 0 Å². The zero-order valence-corrected chi connectivity index (χ0v) is 10.7. The molecule has 1 aromatic heterocycles. The van der Waals surface area contributed by atoms with Gasteiger partial charge in [0.25, 0.3) is 0 Å². The van der Waals surface area contributed by atoms with Crippen molar-refractivity contribution in [2.75, 3.05) is 0 Å². The Labute approximate surface area is 106 Å². The molecule has 0 unspecified atom stereocenters. The van der Waals surface area contributed by atoms with Crippen LogP contribution >= 0.6 is 15.9 Å². The lowest BCUT2D eigenvalue weighted by atomic mass is 10.2. The summed E-state index contributed by atoms with van der Waals surface area (Å²) in [5.74, 6) is -0.914. The molecule has 0 saturated carbocycles. The molecule has 0 aliphatic carbocycles. The Kier molecular flexibility index (Phi) is 3.23. The van der Waals surface area contributed by atoms with E-state index in [4.69, 9.17) is 5.11 Å². The molecule has 88 valence electrons. The van der Waals surface area contributed by atoms with Gasteiger partial charge in [-0.05, 0) is 30.7 Å². The summed E-state index contributed by atoms with van der Waals surface area (Å²) >= 11 is 3.40. The maximum atomic E-state index is 10.5. The summed E-state index contributed by atoms with van der Waals surface area (Å²) in [7, 11) is 0. The third-order valence-corrected chi connectivity index (χ3v) is 2.62. The molecular formula is C11H10BrN3O2. The average molecular weight is 296 g/mol. The van der Waals surface area contributed by atoms with Crippen molar-refractivity contribution in [2.24, 2.45) is 0 Å². The first-order valence-corrected chi connectivity index (χ1v) is 5.74. The number of aromatic nitrogens is 3. The minimum absolute atomic E-state index is 0.118. The molecular weight excluding hydrogens is 286 g/mol. The highest BCUT2D eigenvalue weighted by atomic mass is 79.9. The number of hydrogen-bond acceptors (Lipinski definition) is 3. The largest absolute Gasteiger partial charge is 0.481 e. The van der Waals surface area contributed by atoms with Gasteiger partial charge in [0.15, 0.2) is 0 Å². The summed E-state index contributed by atoms with van der Waals surface area (Å²) in [6.45, 7) is 1.98. The van der Waals surface area contributed by atoms with Crippen molar-refractivity contribution in [3.63, 3.8) is 0 Å². The molecule has 0 amide bonds. The fraction of sp³-hybridized carbons (Fsp3) is 0.182. The van der Waals surface area contributed by atoms with Crippen LogP contribution in [0.15, 0.2) is 28.9 Å². The highest BCUT2D eigenvalue weighted by molar-refractivity contribution is 9.10. The van der Waals surface area contributed by atoms with Crippen molar-refractivity contribution in [3.05, 3.63) is 40.1 Å². The molecule has 0 aliphatic heterocycles. The predicted molar refractivity (Wildman–Crippen MR) is 65.1 cm³/mol. The molecule has 0 radical (unpaired) electrons. The number of halogens is 1.